The lowest BCUT2D eigenvalue weighted by atomic mass is 9.94. The normalized spacial score (nSPS) is 17.1. The van der Waals surface area contributed by atoms with Crippen molar-refractivity contribution < 1.29 is 9.53 Å². The molecule has 3 aromatic rings. The van der Waals surface area contributed by atoms with Crippen molar-refractivity contribution in [1.29, 1.82) is 0 Å². The second kappa shape index (κ2) is 6.73. The minimum absolute atomic E-state index is 0.0412. The predicted octanol–water partition coefficient (Wildman–Crippen LogP) is 3.52. The summed E-state index contributed by atoms with van der Waals surface area (Å²) >= 11 is 1.44. The number of nitrogens with one attached hydrogen (secondary N) is 2. The number of fused-ring (bicyclic) bond motifs is 2. The number of aryl methyl sites for hydroxylation is 2. The van der Waals surface area contributed by atoms with Crippen LogP contribution in [0.2, 0.25) is 0 Å². The van der Waals surface area contributed by atoms with E-state index in [1.807, 2.05) is 50.7 Å². The van der Waals surface area contributed by atoms with E-state index in [-0.39, 0.29) is 11.4 Å². The van der Waals surface area contributed by atoms with Gasteiger partial charge in [0, 0.05) is 30.8 Å². The zero-order valence-electron chi connectivity index (χ0n) is 17.4. The first kappa shape index (κ1) is 18.9. The molecule has 1 amide bonds. The van der Waals surface area contributed by atoms with Crippen molar-refractivity contribution in [3.63, 3.8) is 0 Å². The highest BCUT2D eigenvalue weighted by Gasteiger charge is 2.34. The molecule has 0 saturated heterocycles. The lowest BCUT2D eigenvalue weighted by Gasteiger charge is -2.30. The van der Waals surface area contributed by atoms with Crippen molar-refractivity contribution in [2.24, 2.45) is 7.05 Å². The largest absolute Gasteiger partial charge is 0.490 e. The van der Waals surface area contributed by atoms with Crippen LogP contribution in [0.4, 0.5) is 22.3 Å². The van der Waals surface area contributed by atoms with Crippen molar-refractivity contribution in [2.45, 2.75) is 32.7 Å². The molecule has 0 spiro atoms. The van der Waals surface area contributed by atoms with Crippen LogP contribution in [0.3, 0.4) is 0 Å². The standard InChI is InChI=1S/C21H24N6O2S/c1-12-9-17(26(4)25-12)22-13-5-6-16-15(10-13)27(7-8-29-16)20-23-14-11-21(2,3)24-19(28)18(14)30-20/h5-6,9-10,22H,7-8,11H2,1-4H3,(H,24,28). The molecule has 9 heteroatoms. The molecular formula is C21H24N6O2S. The van der Waals surface area contributed by atoms with E-state index in [9.17, 15) is 4.79 Å². The minimum Gasteiger partial charge on any atom is -0.490 e. The van der Waals surface area contributed by atoms with Crippen molar-refractivity contribution in [3.8, 4) is 5.75 Å². The number of anilines is 4. The Labute approximate surface area is 178 Å². The molecule has 4 heterocycles. The maximum atomic E-state index is 12.5. The Balaban J connectivity index is 1.50. The fourth-order valence-electron chi connectivity index (χ4n) is 3.95. The van der Waals surface area contributed by atoms with Gasteiger partial charge in [-0.15, -0.1) is 0 Å². The smallest absolute Gasteiger partial charge is 0.263 e. The molecule has 8 nitrogen and oxygen atoms in total. The maximum Gasteiger partial charge on any atom is 0.263 e. The molecule has 0 fully saturated rings. The average Bonchev–Trinajstić information content (AvgIpc) is 3.23. The van der Waals surface area contributed by atoms with Crippen LogP contribution < -0.4 is 20.3 Å². The first-order valence-electron chi connectivity index (χ1n) is 9.93. The van der Waals surface area contributed by atoms with Gasteiger partial charge in [-0.25, -0.2) is 4.98 Å². The van der Waals surface area contributed by atoms with Gasteiger partial charge < -0.3 is 20.3 Å². The summed E-state index contributed by atoms with van der Waals surface area (Å²) in [6.07, 6.45) is 0.725. The Hall–Kier alpha value is -3.07. The Morgan fingerprint density at radius 2 is 2.13 bits per heavy atom. The summed E-state index contributed by atoms with van der Waals surface area (Å²) in [7, 11) is 1.91. The van der Waals surface area contributed by atoms with Crippen molar-refractivity contribution in [3.05, 3.63) is 40.5 Å². The highest BCUT2D eigenvalue weighted by molar-refractivity contribution is 7.17. The highest BCUT2D eigenvalue weighted by atomic mass is 32.1. The van der Waals surface area contributed by atoms with Crippen LogP contribution >= 0.6 is 11.3 Å². The lowest BCUT2D eigenvalue weighted by molar-refractivity contribution is 0.0901. The van der Waals surface area contributed by atoms with Crippen LogP contribution in [0.15, 0.2) is 24.3 Å². The van der Waals surface area contributed by atoms with Gasteiger partial charge in [-0.2, -0.15) is 5.10 Å². The van der Waals surface area contributed by atoms with Gasteiger partial charge in [-0.05, 0) is 39.0 Å². The van der Waals surface area contributed by atoms with Crippen molar-refractivity contribution in [1.82, 2.24) is 20.1 Å². The number of ether oxygens (including phenoxy) is 1. The molecule has 30 heavy (non-hydrogen) atoms. The first-order valence-corrected chi connectivity index (χ1v) is 10.7. The molecule has 0 radical (unpaired) electrons. The van der Waals surface area contributed by atoms with Gasteiger partial charge >= 0.3 is 0 Å². The molecule has 5 rings (SSSR count). The summed E-state index contributed by atoms with van der Waals surface area (Å²) < 4.78 is 7.69. The van der Waals surface area contributed by atoms with Gasteiger partial charge in [0.2, 0.25) is 0 Å². The second-order valence-corrected chi connectivity index (χ2v) is 9.37. The Kier molecular flexibility index (Phi) is 4.25. The summed E-state index contributed by atoms with van der Waals surface area (Å²) in [5, 5.41) is 11.7. The highest BCUT2D eigenvalue weighted by Crippen LogP contribution is 2.42. The van der Waals surface area contributed by atoms with Gasteiger partial charge in [0.15, 0.2) is 5.13 Å². The number of thiazole rings is 1. The molecule has 2 aromatic heterocycles. The molecule has 156 valence electrons. The summed E-state index contributed by atoms with van der Waals surface area (Å²) in [4.78, 5) is 20.2. The SMILES string of the molecule is Cc1cc(Nc2ccc3c(c2)N(c2nc4c(s2)C(=O)NC(C)(C)C4)CCO3)n(C)n1. The average molecular weight is 425 g/mol. The molecule has 0 unspecified atom stereocenters. The summed E-state index contributed by atoms with van der Waals surface area (Å²) in [6.45, 7) is 7.26. The number of amides is 1. The lowest BCUT2D eigenvalue weighted by Crippen LogP contribution is -2.48. The van der Waals surface area contributed by atoms with E-state index >= 15 is 0 Å². The van der Waals surface area contributed by atoms with Crippen LogP contribution in [-0.4, -0.2) is 39.4 Å². The minimum atomic E-state index is -0.281. The maximum absolute atomic E-state index is 12.5. The van der Waals surface area contributed by atoms with Gasteiger partial charge in [-0.3, -0.25) is 9.48 Å². The van der Waals surface area contributed by atoms with E-state index in [1.165, 1.54) is 11.3 Å². The number of benzene rings is 1. The molecule has 0 atom stereocenters. The van der Waals surface area contributed by atoms with Crippen LogP contribution in [0.25, 0.3) is 0 Å². The quantitative estimate of drug-likeness (QED) is 0.669. The van der Waals surface area contributed by atoms with Crippen LogP contribution in [0, 0.1) is 6.92 Å². The van der Waals surface area contributed by atoms with E-state index in [2.05, 4.69) is 26.7 Å². The second-order valence-electron chi connectivity index (χ2n) is 8.39. The molecule has 0 saturated carbocycles. The molecule has 0 aliphatic carbocycles. The van der Waals surface area contributed by atoms with Crippen molar-refractivity contribution in [2.75, 3.05) is 23.4 Å². The monoisotopic (exact) mass is 424 g/mol. The van der Waals surface area contributed by atoms with Gasteiger partial charge in [-0.1, -0.05) is 11.3 Å². The number of nitrogens with zero attached hydrogens (tertiary/aromatic N) is 4. The topological polar surface area (TPSA) is 84.3 Å². The number of carbonyl (C=O) groups excluding carboxylic acids is 1. The van der Waals surface area contributed by atoms with Crippen LogP contribution in [0.1, 0.15) is 34.9 Å². The van der Waals surface area contributed by atoms with Crippen LogP contribution in [0.5, 0.6) is 5.75 Å². The van der Waals surface area contributed by atoms with E-state index in [1.54, 1.807) is 0 Å². The van der Waals surface area contributed by atoms with Crippen molar-refractivity contribution >= 4 is 39.6 Å². The molecule has 2 aliphatic rings. The summed E-state index contributed by atoms with van der Waals surface area (Å²) in [6, 6.07) is 8.02. The molecule has 1 aromatic carbocycles. The van der Waals surface area contributed by atoms with E-state index in [0.717, 1.165) is 45.9 Å². The molecular weight excluding hydrogens is 400 g/mol. The first-order chi connectivity index (χ1) is 14.3. The molecule has 2 N–H and O–H groups in total. The zero-order valence-corrected chi connectivity index (χ0v) is 18.3. The van der Waals surface area contributed by atoms with Gasteiger partial charge in [0.1, 0.15) is 23.1 Å². The number of hydrogen-bond acceptors (Lipinski definition) is 7. The number of aromatic nitrogens is 3. The summed E-state index contributed by atoms with van der Waals surface area (Å²) in [5.41, 5.74) is 3.42. The number of hydrogen-bond donors (Lipinski definition) is 2. The van der Waals surface area contributed by atoms with Gasteiger partial charge in [0.25, 0.3) is 5.91 Å². The fraction of sp³-hybridized carbons (Fsp3) is 0.381. The summed E-state index contributed by atoms with van der Waals surface area (Å²) in [5.74, 6) is 1.69. The molecule has 2 aliphatic heterocycles. The Morgan fingerprint density at radius 3 is 2.90 bits per heavy atom. The van der Waals surface area contributed by atoms with Gasteiger partial charge in [0.05, 0.1) is 23.6 Å². The Bertz CT molecular complexity index is 1150. The Morgan fingerprint density at radius 1 is 1.30 bits per heavy atom. The number of rotatable bonds is 3. The van der Waals surface area contributed by atoms with Crippen LogP contribution in [-0.2, 0) is 13.5 Å². The zero-order chi connectivity index (χ0) is 21.0. The number of carbonyl (C=O) groups is 1. The third kappa shape index (κ3) is 3.28. The predicted molar refractivity (Wildman–Crippen MR) is 118 cm³/mol. The molecule has 0 bridgehead atoms. The fourth-order valence-corrected chi connectivity index (χ4v) is 4.97. The van der Waals surface area contributed by atoms with E-state index in [4.69, 9.17) is 9.72 Å². The third-order valence-corrected chi connectivity index (χ3v) is 6.40. The third-order valence-electron chi connectivity index (χ3n) is 5.28. The van der Waals surface area contributed by atoms with E-state index in [0.29, 0.717) is 18.0 Å². The van der Waals surface area contributed by atoms with E-state index < -0.39 is 0 Å².